The van der Waals surface area contributed by atoms with Crippen LogP contribution in [0.25, 0.3) is 0 Å². The maximum absolute atomic E-state index is 13.5. The lowest BCUT2D eigenvalue weighted by atomic mass is 9.87. The van der Waals surface area contributed by atoms with E-state index in [4.69, 9.17) is 4.74 Å². The van der Waals surface area contributed by atoms with E-state index in [0.29, 0.717) is 12.2 Å². The van der Waals surface area contributed by atoms with Crippen molar-refractivity contribution >= 4 is 40.3 Å². The van der Waals surface area contributed by atoms with Crippen molar-refractivity contribution in [3.8, 4) is 5.75 Å². The molecular formula is C36H55BrN2O2S. The summed E-state index contributed by atoms with van der Waals surface area (Å²) in [5, 5.41) is 3.17. The molecule has 0 radical (unpaired) electrons. The average molecular weight is 660 g/mol. The van der Waals surface area contributed by atoms with Crippen LogP contribution in [-0.2, 0) is 12.0 Å². The van der Waals surface area contributed by atoms with Crippen molar-refractivity contribution in [3.05, 3.63) is 70.3 Å². The number of amides is 1. The summed E-state index contributed by atoms with van der Waals surface area (Å²) in [6, 6.07) is 14.1. The molecule has 0 unspecified atom stereocenters. The quantitative estimate of drug-likeness (QED) is 0.162. The molecule has 0 fully saturated rings. The lowest BCUT2D eigenvalue weighted by Crippen LogP contribution is -2.19. The topological polar surface area (TPSA) is 41.6 Å². The van der Waals surface area contributed by atoms with E-state index >= 15 is 0 Å². The number of unbranched alkanes of at least 4 members (excludes halogenated alkanes) is 11. The Kier molecular flexibility index (Phi) is 16.7. The number of benzene rings is 2. The summed E-state index contributed by atoms with van der Waals surface area (Å²) >= 11 is 1.84. The lowest BCUT2D eigenvalue weighted by Gasteiger charge is -2.22. The van der Waals surface area contributed by atoms with Gasteiger partial charge < -0.3 is 15.0 Å². The second kappa shape index (κ2) is 19.4. The summed E-state index contributed by atoms with van der Waals surface area (Å²) in [5.41, 5.74) is 3.69. The number of rotatable bonds is 18. The van der Waals surface area contributed by atoms with E-state index in [-0.39, 0.29) is 28.3 Å². The lowest BCUT2D eigenvalue weighted by molar-refractivity contribution is 0.102. The number of carbonyl (C=O) groups excluding carboxylic acids is 1. The van der Waals surface area contributed by atoms with Crippen LogP contribution in [0.5, 0.6) is 5.75 Å². The smallest absolute Gasteiger partial charge is 0.256 e. The molecule has 1 amide bonds. The van der Waals surface area contributed by atoms with Crippen LogP contribution in [0.1, 0.15) is 133 Å². The van der Waals surface area contributed by atoms with Gasteiger partial charge >= 0.3 is 0 Å². The SMILES string of the molecule is Br.CCCCCCCCCCCCCCOc1cc(C(C)(C)C)ccc1NC(=O)c1ccccc1CN1C=C(C)SC1. The minimum absolute atomic E-state index is 0. The molecule has 0 atom stereocenters. The fourth-order valence-electron chi connectivity index (χ4n) is 5.23. The first-order valence-electron chi connectivity index (χ1n) is 16.0. The molecule has 0 saturated heterocycles. The van der Waals surface area contributed by atoms with Gasteiger partial charge in [-0.15, -0.1) is 28.7 Å². The zero-order chi connectivity index (χ0) is 29.5. The Morgan fingerprint density at radius 3 is 2.12 bits per heavy atom. The zero-order valence-electron chi connectivity index (χ0n) is 26.8. The summed E-state index contributed by atoms with van der Waals surface area (Å²) in [7, 11) is 0. The molecule has 1 aliphatic rings. The summed E-state index contributed by atoms with van der Waals surface area (Å²) in [4.78, 5) is 17.1. The largest absolute Gasteiger partial charge is 0.491 e. The molecule has 6 heteroatoms. The van der Waals surface area contributed by atoms with Gasteiger partial charge in [0.25, 0.3) is 5.91 Å². The van der Waals surface area contributed by atoms with Gasteiger partial charge in [0.15, 0.2) is 0 Å². The van der Waals surface area contributed by atoms with E-state index in [2.05, 4.69) is 69.2 Å². The van der Waals surface area contributed by atoms with Crippen molar-refractivity contribution in [1.29, 1.82) is 0 Å². The monoisotopic (exact) mass is 658 g/mol. The highest BCUT2D eigenvalue weighted by Crippen LogP contribution is 2.33. The molecule has 4 nitrogen and oxygen atoms in total. The Labute approximate surface area is 271 Å². The van der Waals surface area contributed by atoms with Crippen molar-refractivity contribution in [3.63, 3.8) is 0 Å². The molecule has 0 aliphatic carbocycles. The van der Waals surface area contributed by atoms with Crippen molar-refractivity contribution in [2.24, 2.45) is 0 Å². The fourth-order valence-corrected chi connectivity index (χ4v) is 5.99. The Morgan fingerprint density at radius 1 is 0.905 bits per heavy atom. The van der Waals surface area contributed by atoms with Crippen LogP contribution in [0.15, 0.2) is 53.6 Å². The molecule has 0 bridgehead atoms. The minimum atomic E-state index is -0.0909. The molecule has 0 spiro atoms. The van der Waals surface area contributed by atoms with E-state index in [9.17, 15) is 4.79 Å². The number of thioether (sulfide) groups is 1. The van der Waals surface area contributed by atoms with E-state index in [1.807, 2.05) is 36.0 Å². The minimum Gasteiger partial charge on any atom is -0.491 e. The Morgan fingerprint density at radius 2 is 1.52 bits per heavy atom. The first-order valence-corrected chi connectivity index (χ1v) is 17.0. The number of nitrogens with one attached hydrogen (secondary N) is 1. The molecule has 42 heavy (non-hydrogen) atoms. The molecule has 1 heterocycles. The number of hydrogen-bond acceptors (Lipinski definition) is 4. The van der Waals surface area contributed by atoms with E-state index in [0.717, 1.165) is 35.8 Å². The van der Waals surface area contributed by atoms with Gasteiger partial charge in [0.1, 0.15) is 5.75 Å². The van der Waals surface area contributed by atoms with Crippen molar-refractivity contribution in [2.45, 2.75) is 124 Å². The summed E-state index contributed by atoms with van der Waals surface area (Å²) in [6.45, 7) is 12.4. The maximum Gasteiger partial charge on any atom is 0.256 e. The van der Waals surface area contributed by atoms with Gasteiger partial charge in [-0.05, 0) is 53.0 Å². The molecule has 234 valence electrons. The van der Waals surface area contributed by atoms with Gasteiger partial charge in [0.05, 0.1) is 18.2 Å². The first kappa shape index (κ1) is 36.3. The van der Waals surface area contributed by atoms with Gasteiger partial charge in [-0.25, -0.2) is 0 Å². The van der Waals surface area contributed by atoms with Crippen LogP contribution in [0.4, 0.5) is 5.69 Å². The molecule has 0 aromatic heterocycles. The standard InChI is InChI=1S/C36H54N2O2S.BrH/c1-6-7-8-9-10-11-12-13-14-15-16-19-24-40-34-25-31(36(3,4)5)22-23-33(34)37-35(39)32-21-18-17-20-30(32)27-38-26-29(2)41-28-38;/h17-18,20-23,25-26H,6-16,19,24,27-28H2,1-5H3,(H,37,39);1H. The first-order chi connectivity index (χ1) is 19.8. The number of nitrogens with zero attached hydrogens (tertiary/aromatic N) is 1. The maximum atomic E-state index is 13.5. The molecule has 2 aromatic carbocycles. The highest BCUT2D eigenvalue weighted by Gasteiger charge is 2.20. The third-order valence-electron chi connectivity index (χ3n) is 7.81. The predicted molar refractivity (Wildman–Crippen MR) is 188 cm³/mol. The number of ether oxygens (including phenoxy) is 1. The summed E-state index contributed by atoms with van der Waals surface area (Å²) < 4.78 is 6.32. The predicted octanol–water partition coefficient (Wildman–Crippen LogP) is 11.3. The van der Waals surface area contributed by atoms with E-state index in [1.165, 1.54) is 81.1 Å². The summed E-state index contributed by atoms with van der Waals surface area (Å²) in [5.74, 6) is 1.60. The number of anilines is 1. The van der Waals surface area contributed by atoms with Crippen LogP contribution in [0.3, 0.4) is 0 Å². The number of halogens is 1. The van der Waals surface area contributed by atoms with Gasteiger partial charge in [0.2, 0.25) is 0 Å². The second-order valence-corrected chi connectivity index (χ2v) is 13.8. The molecule has 0 saturated carbocycles. The number of carbonyl (C=O) groups is 1. The number of allylic oxidation sites excluding steroid dienone is 1. The Hall–Kier alpha value is -1.92. The molecule has 2 aromatic rings. The highest BCUT2D eigenvalue weighted by molar-refractivity contribution is 8.93. The second-order valence-electron chi connectivity index (χ2n) is 12.6. The fraction of sp³-hybridized carbons (Fsp3) is 0.583. The molecular weight excluding hydrogens is 604 g/mol. The van der Waals surface area contributed by atoms with Gasteiger partial charge in [0, 0.05) is 18.3 Å². The number of hydrogen-bond donors (Lipinski definition) is 1. The van der Waals surface area contributed by atoms with Crippen LogP contribution < -0.4 is 10.1 Å². The van der Waals surface area contributed by atoms with Crippen molar-refractivity contribution < 1.29 is 9.53 Å². The summed E-state index contributed by atoms with van der Waals surface area (Å²) in [6.07, 6.45) is 18.0. The van der Waals surface area contributed by atoms with Crippen LogP contribution in [0.2, 0.25) is 0 Å². The highest BCUT2D eigenvalue weighted by atomic mass is 79.9. The molecule has 1 aliphatic heterocycles. The van der Waals surface area contributed by atoms with Crippen LogP contribution >= 0.6 is 28.7 Å². The molecule has 3 rings (SSSR count). The van der Waals surface area contributed by atoms with Gasteiger partial charge in [-0.3, -0.25) is 4.79 Å². The zero-order valence-corrected chi connectivity index (χ0v) is 29.3. The van der Waals surface area contributed by atoms with Crippen molar-refractivity contribution in [2.75, 3.05) is 17.8 Å². The van der Waals surface area contributed by atoms with Crippen molar-refractivity contribution in [1.82, 2.24) is 4.90 Å². The third-order valence-corrected chi connectivity index (χ3v) is 8.83. The molecule has 1 N–H and O–H groups in total. The Bertz CT molecular complexity index is 1110. The van der Waals surface area contributed by atoms with Crippen LogP contribution in [0, 0.1) is 0 Å². The van der Waals surface area contributed by atoms with Gasteiger partial charge in [-0.1, -0.05) is 123 Å². The van der Waals surface area contributed by atoms with E-state index in [1.54, 1.807) is 0 Å². The third kappa shape index (κ3) is 12.8. The average Bonchev–Trinajstić information content (AvgIpc) is 3.35. The normalized spacial score (nSPS) is 13.1. The van der Waals surface area contributed by atoms with Crippen LogP contribution in [-0.4, -0.2) is 23.3 Å². The van der Waals surface area contributed by atoms with Gasteiger partial charge in [-0.2, -0.15) is 0 Å². The van der Waals surface area contributed by atoms with E-state index < -0.39 is 0 Å². The Balaban J connectivity index is 0.00000616.